The molecule has 88 valence electrons. The van der Waals surface area contributed by atoms with Crippen molar-refractivity contribution < 1.29 is 23.4 Å². The molecule has 1 aromatic carbocycles. The summed E-state index contributed by atoms with van der Waals surface area (Å²) in [5.74, 6) is -3.25. The number of benzene rings is 1. The van der Waals surface area contributed by atoms with Crippen LogP contribution in [0.5, 0.6) is 5.75 Å². The van der Waals surface area contributed by atoms with Crippen molar-refractivity contribution in [2.75, 3.05) is 7.11 Å². The van der Waals surface area contributed by atoms with Crippen LogP contribution in [0.2, 0.25) is 0 Å². The fourth-order valence-corrected chi connectivity index (χ4v) is 1.24. The zero-order valence-electron chi connectivity index (χ0n) is 8.54. The van der Waals surface area contributed by atoms with Gasteiger partial charge in [0.15, 0.2) is 11.6 Å². The SMILES string of the molecule is COc1cc(F)c(F)cc1CC(N)C(=O)O. The van der Waals surface area contributed by atoms with Crippen LogP contribution < -0.4 is 10.5 Å². The molecule has 0 saturated heterocycles. The summed E-state index contributed by atoms with van der Waals surface area (Å²) in [6, 6.07) is 0.565. The van der Waals surface area contributed by atoms with Crippen LogP contribution in [0.1, 0.15) is 5.56 Å². The van der Waals surface area contributed by atoms with E-state index in [1.54, 1.807) is 0 Å². The average molecular weight is 231 g/mol. The van der Waals surface area contributed by atoms with Crippen LogP contribution in [-0.4, -0.2) is 24.2 Å². The Kier molecular flexibility index (Phi) is 3.78. The summed E-state index contributed by atoms with van der Waals surface area (Å²) in [6.45, 7) is 0. The molecule has 4 nitrogen and oxygen atoms in total. The smallest absolute Gasteiger partial charge is 0.320 e. The fourth-order valence-electron chi connectivity index (χ4n) is 1.24. The zero-order chi connectivity index (χ0) is 12.3. The zero-order valence-corrected chi connectivity index (χ0v) is 8.54. The largest absolute Gasteiger partial charge is 0.496 e. The molecular formula is C10H11F2NO3. The third-order valence-corrected chi connectivity index (χ3v) is 2.08. The van der Waals surface area contributed by atoms with E-state index in [1.807, 2.05) is 0 Å². The number of carboxylic acids is 1. The van der Waals surface area contributed by atoms with Crippen molar-refractivity contribution in [3.05, 3.63) is 29.3 Å². The Bertz CT molecular complexity index is 409. The summed E-state index contributed by atoms with van der Waals surface area (Å²) in [7, 11) is 1.28. The number of methoxy groups -OCH3 is 1. The van der Waals surface area contributed by atoms with E-state index in [0.717, 1.165) is 12.1 Å². The van der Waals surface area contributed by atoms with Gasteiger partial charge < -0.3 is 15.6 Å². The number of hydrogen-bond acceptors (Lipinski definition) is 3. The number of carbonyl (C=O) groups is 1. The van der Waals surface area contributed by atoms with Gasteiger partial charge in [-0.3, -0.25) is 4.79 Å². The number of hydrogen-bond donors (Lipinski definition) is 2. The summed E-state index contributed by atoms with van der Waals surface area (Å²) in [4.78, 5) is 10.5. The molecule has 1 unspecified atom stereocenters. The van der Waals surface area contributed by atoms with E-state index in [9.17, 15) is 13.6 Å². The molecule has 1 aromatic rings. The molecule has 1 rings (SSSR count). The second-order valence-corrected chi connectivity index (χ2v) is 3.23. The second kappa shape index (κ2) is 4.89. The van der Waals surface area contributed by atoms with Crippen LogP contribution in [0.3, 0.4) is 0 Å². The van der Waals surface area contributed by atoms with Crippen molar-refractivity contribution in [2.45, 2.75) is 12.5 Å². The summed E-state index contributed by atoms with van der Waals surface area (Å²) in [5.41, 5.74) is 5.51. The molecule has 0 saturated carbocycles. The Morgan fingerprint density at radius 2 is 2.06 bits per heavy atom. The lowest BCUT2D eigenvalue weighted by Crippen LogP contribution is -2.32. The predicted octanol–water partition coefficient (Wildman–Crippen LogP) is 0.928. The summed E-state index contributed by atoms with van der Waals surface area (Å²) in [5, 5.41) is 8.60. The Hall–Kier alpha value is -1.69. The van der Waals surface area contributed by atoms with Crippen molar-refractivity contribution >= 4 is 5.97 Å². The Morgan fingerprint density at radius 3 is 2.56 bits per heavy atom. The van der Waals surface area contributed by atoms with Gasteiger partial charge in [0, 0.05) is 12.5 Å². The van der Waals surface area contributed by atoms with Crippen LogP contribution in [0, 0.1) is 11.6 Å². The molecule has 6 heteroatoms. The van der Waals surface area contributed by atoms with Gasteiger partial charge in [0.05, 0.1) is 7.11 Å². The maximum absolute atomic E-state index is 12.9. The van der Waals surface area contributed by atoms with E-state index < -0.39 is 23.6 Å². The lowest BCUT2D eigenvalue weighted by Gasteiger charge is -2.11. The van der Waals surface area contributed by atoms with Crippen LogP contribution >= 0.6 is 0 Å². The molecule has 0 spiro atoms. The Morgan fingerprint density at radius 1 is 1.50 bits per heavy atom. The molecule has 0 bridgehead atoms. The minimum atomic E-state index is -1.22. The Labute approximate surface area is 90.6 Å². The summed E-state index contributed by atoms with van der Waals surface area (Å²) in [6.07, 6.45) is -0.129. The first-order valence-electron chi connectivity index (χ1n) is 4.46. The minimum absolute atomic E-state index is 0.0793. The molecule has 0 aromatic heterocycles. The van der Waals surface area contributed by atoms with E-state index in [-0.39, 0.29) is 17.7 Å². The number of ether oxygens (including phenoxy) is 1. The van der Waals surface area contributed by atoms with Crippen LogP contribution in [0.25, 0.3) is 0 Å². The van der Waals surface area contributed by atoms with Crippen LogP contribution in [0.4, 0.5) is 8.78 Å². The minimum Gasteiger partial charge on any atom is -0.496 e. The predicted molar refractivity (Wildman–Crippen MR) is 52.2 cm³/mol. The summed E-state index contributed by atoms with van der Waals surface area (Å²) < 4.78 is 30.6. The highest BCUT2D eigenvalue weighted by atomic mass is 19.2. The standard InChI is InChI=1S/C10H11F2NO3/c1-16-9-4-7(12)6(11)2-5(9)3-8(13)10(14)15/h2,4,8H,3,13H2,1H3,(H,14,15). The highest BCUT2D eigenvalue weighted by molar-refractivity contribution is 5.73. The third-order valence-electron chi connectivity index (χ3n) is 2.08. The maximum Gasteiger partial charge on any atom is 0.320 e. The maximum atomic E-state index is 12.9. The van der Waals surface area contributed by atoms with E-state index in [2.05, 4.69) is 0 Å². The van der Waals surface area contributed by atoms with Gasteiger partial charge in [0.25, 0.3) is 0 Å². The molecule has 3 N–H and O–H groups in total. The monoisotopic (exact) mass is 231 g/mol. The molecule has 0 aliphatic heterocycles. The van der Waals surface area contributed by atoms with E-state index in [0.29, 0.717) is 0 Å². The second-order valence-electron chi connectivity index (χ2n) is 3.23. The number of halogens is 2. The molecule has 0 aliphatic carbocycles. The first kappa shape index (κ1) is 12.4. The van der Waals surface area contributed by atoms with Crippen molar-refractivity contribution in [1.29, 1.82) is 0 Å². The molecule has 0 heterocycles. The highest BCUT2D eigenvalue weighted by Gasteiger charge is 2.17. The molecule has 0 radical (unpaired) electrons. The molecule has 0 amide bonds. The van der Waals surface area contributed by atoms with Crippen LogP contribution in [-0.2, 0) is 11.2 Å². The normalized spacial score (nSPS) is 12.2. The van der Waals surface area contributed by atoms with E-state index in [4.69, 9.17) is 15.6 Å². The molecule has 0 fully saturated rings. The quantitative estimate of drug-likeness (QED) is 0.808. The Balaban J connectivity index is 3.03. The van der Waals surface area contributed by atoms with Crippen LogP contribution in [0.15, 0.2) is 12.1 Å². The number of rotatable bonds is 4. The fraction of sp³-hybridized carbons (Fsp3) is 0.300. The number of nitrogens with two attached hydrogens (primary N) is 1. The lowest BCUT2D eigenvalue weighted by molar-refractivity contribution is -0.138. The first-order chi connectivity index (χ1) is 7.45. The summed E-state index contributed by atoms with van der Waals surface area (Å²) >= 11 is 0. The molecular weight excluding hydrogens is 220 g/mol. The van der Waals surface area contributed by atoms with Gasteiger partial charge in [-0.1, -0.05) is 0 Å². The third kappa shape index (κ3) is 2.66. The van der Waals surface area contributed by atoms with Gasteiger partial charge in [-0.25, -0.2) is 8.78 Å². The average Bonchev–Trinajstić information content (AvgIpc) is 2.22. The molecule has 16 heavy (non-hydrogen) atoms. The molecule has 1 atom stereocenters. The topological polar surface area (TPSA) is 72.5 Å². The van der Waals surface area contributed by atoms with Crippen molar-refractivity contribution in [1.82, 2.24) is 0 Å². The molecule has 0 aliphatic rings. The highest BCUT2D eigenvalue weighted by Crippen LogP contribution is 2.23. The van der Waals surface area contributed by atoms with E-state index in [1.165, 1.54) is 7.11 Å². The number of aliphatic carboxylic acids is 1. The van der Waals surface area contributed by atoms with Gasteiger partial charge in [0.2, 0.25) is 0 Å². The van der Waals surface area contributed by atoms with Gasteiger partial charge in [-0.15, -0.1) is 0 Å². The lowest BCUT2D eigenvalue weighted by atomic mass is 10.1. The van der Waals surface area contributed by atoms with Gasteiger partial charge >= 0.3 is 5.97 Å². The first-order valence-corrected chi connectivity index (χ1v) is 4.46. The van der Waals surface area contributed by atoms with Crippen molar-refractivity contribution in [3.8, 4) is 5.75 Å². The van der Waals surface area contributed by atoms with E-state index >= 15 is 0 Å². The van der Waals surface area contributed by atoms with Gasteiger partial charge in [-0.2, -0.15) is 0 Å². The van der Waals surface area contributed by atoms with Gasteiger partial charge in [0.1, 0.15) is 11.8 Å². The van der Waals surface area contributed by atoms with Crippen molar-refractivity contribution in [2.24, 2.45) is 5.73 Å². The van der Waals surface area contributed by atoms with Gasteiger partial charge in [-0.05, 0) is 11.6 Å². The van der Waals surface area contributed by atoms with Crippen molar-refractivity contribution in [3.63, 3.8) is 0 Å². The number of carboxylic acid groups (broad SMARTS) is 1.